The van der Waals surface area contributed by atoms with Gasteiger partial charge in [0.05, 0.1) is 37.4 Å². The number of fused-ring (bicyclic) bond motifs is 1. The first-order chi connectivity index (χ1) is 13.7. The van der Waals surface area contributed by atoms with Gasteiger partial charge in [0.25, 0.3) is 10.0 Å². The Morgan fingerprint density at radius 2 is 2.10 bits per heavy atom. The van der Waals surface area contributed by atoms with Crippen LogP contribution in [0.5, 0.6) is 0 Å². The number of rotatable bonds is 4. The highest BCUT2D eigenvalue weighted by atomic mass is 32.2. The Balaban J connectivity index is 1.55. The van der Waals surface area contributed by atoms with Crippen molar-refractivity contribution >= 4 is 10.0 Å². The number of nitrogens with two attached hydrogens (primary N) is 1. The number of nitrogens with zero attached hydrogens (tertiary/aromatic N) is 3. The molecule has 0 aliphatic carbocycles. The Hall–Kier alpha value is -1.92. The molecule has 3 N–H and O–H groups in total. The van der Waals surface area contributed by atoms with Gasteiger partial charge in [0.1, 0.15) is 17.7 Å². The third-order valence-electron chi connectivity index (χ3n) is 5.58. The second-order valence-corrected chi connectivity index (χ2v) is 9.31. The largest absolute Gasteiger partial charge is 0.394 e. The smallest absolute Gasteiger partial charge is 0.251 e. The van der Waals surface area contributed by atoms with Crippen molar-refractivity contribution in [3.05, 3.63) is 52.9 Å². The minimum absolute atomic E-state index is 0.0760. The second-order valence-electron chi connectivity index (χ2n) is 7.50. The Labute approximate surface area is 166 Å². The highest BCUT2D eigenvalue weighted by Gasteiger charge is 2.42. The van der Waals surface area contributed by atoms with Crippen LogP contribution < -0.4 is 5.73 Å². The lowest BCUT2D eigenvalue weighted by molar-refractivity contribution is -0.0654. The molecule has 2 aliphatic heterocycles. The van der Waals surface area contributed by atoms with Crippen LogP contribution in [-0.2, 0) is 21.3 Å². The number of aliphatic hydroxyl groups is 1. The van der Waals surface area contributed by atoms with Crippen LogP contribution in [0.4, 0.5) is 8.78 Å². The Morgan fingerprint density at radius 1 is 1.34 bits per heavy atom. The molecule has 29 heavy (non-hydrogen) atoms. The summed E-state index contributed by atoms with van der Waals surface area (Å²) in [6.07, 6.45) is 2.14. The summed E-state index contributed by atoms with van der Waals surface area (Å²) in [7, 11) is -3.57. The molecule has 158 valence electrons. The summed E-state index contributed by atoms with van der Waals surface area (Å²) in [5.74, 6) is -1.15. The molecule has 0 saturated carbocycles. The number of hydrogen-bond donors (Lipinski definition) is 2. The van der Waals surface area contributed by atoms with Gasteiger partial charge in [-0.15, -0.1) is 0 Å². The van der Waals surface area contributed by atoms with E-state index in [1.54, 1.807) is 0 Å². The van der Waals surface area contributed by atoms with Crippen LogP contribution in [0.1, 0.15) is 35.4 Å². The maximum absolute atomic E-state index is 14.1. The molecule has 4 atom stereocenters. The average Bonchev–Trinajstić information content (AvgIpc) is 3.22. The maximum atomic E-state index is 14.1. The first-order valence-electron chi connectivity index (χ1n) is 9.16. The maximum Gasteiger partial charge on any atom is 0.251 e. The van der Waals surface area contributed by atoms with Crippen LogP contribution in [0.25, 0.3) is 0 Å². The van der Waals surface area contributed by atoms with Crippen molar-refractivity contribution in [1.82, 2.24) is 14.1 Å². The van der Waals surface area contributed by atoms with Crippen LogP contribution in [0.3, 0.4) is 0 Å². The molecule has 1 fully saturated rings. The van der Waals surface area contributed by atoms with Crippen molar-refractivity contribution in [1.29, 1.82) is 0 Å². The minimum Gasteiger partial charge on any atom is -0.394 e. The lowest BCUT2D eigenvalue weighted by Gasteiger charge is -2.40. The molecule has 3 heterocycles. The molecule has 0 amide bonds. The molecular weight excluding hydrogens is 406 g/mol. The fourth-order valence-corrected chi connectivity index (χ4v) is 5.04. The fourth-order valence-electron chi connectivity index (χ4n) is 4.26. The van der Waals surface area contributed by atoms with Gasteiger partial charge in [-0.1, -0.05) is 0 Å². The monoisotopic (exact) mass is 428 g/mol. The third-order valence-corrected chi connectivity index (χ3v) is 6.52. The van der Waals surface area contributed by atoms with Crippen LogP contribution in [-0.4, -0.2) is 59.2 Å². The van der Waals surface area contributed by atoms with Crippen molar-refractivity contribution in [3.63, 3.8) is 0 Å². The first-order valence-corrected chi connectivity index (χ1v) is 11.0. The minimum atomic E-state index is -3.57. The number of hydrogen-bond acceptors (Lipinski definition) is 7. The molecule has 1 aromatic carbocycles. The second kappa shape index (κ2) is 7.40. The molecule has 1 aromatic heterocycles. The molecule has 2 aliphatic rings. The molecule has 1 saturated heterocycles. The van der Waals surface area contributed by atoms with Gasteiger partial charge in [0.2, 0.25) is 0 Å². The molecule has 0 radical (unpaired) electrons. The summed E-state index contributed by atoms with van der Waals surface area (Å²) in [5.41, 5.74) is 7.46. The highest BCUT2D eigenvalue weighted by molar-refractivity contribution is 7.89. The summed E-state index contributed by atoms with van der Waals surface area (Å²) in [6, 6.07) is 1.90. The van der Waals surface area contributed by atoms with Crippen molar-refractivity contribution in [2.24, 2.45) is 5.73 Å². The zero-order chi connectivity index (χ0) is 20.9. The van der Waals surface area contributed by atoms with E-state index in [-0.39, 0.29) is 31.4 Å². The third kappa shape index (κ3) is 3.57. The molecule has 8 nitrogen and oxygen atoms in total. The predicted octanol–water partition coefficient (Wildman–Crippen LogP) is 0.675. The van der Waals surface area contributed by atoms with Gasteiger partial charge in [-0.2, -0.15) is 9.19 Å². The van der Waals surface area contributed by atoms with E-state index >= 15 is 0 Å². The summed E-state index contributed by atoms with van der Waals surface area (Å²) >= 11 is 0. The zero-order valence-corrected chi connectivity index (χ0v) is 16.5. The van der Waals surface area contributed by atoms with Crippen molar-refractivity contribution < 1.29 is 27.0 Å². The van der Waals surface area contributed by atoms with Gasteiger partial charge in [-0.05, 0) is 24.6 Å². The zero-order valence-electron chi connectivity index (χ0n) is 15.7. The number of benzene rings is 1. The fraction of sp³-hybridized carbons (Fsp3) is 0.500. The lowest BCUT2D eigenvalue weighted by atomic mass is 9.93. The molecule has 4 rings (SSSR count). The molecular formula is C18H22F2N4O4S. The molecule has 0 spiro atoms. The number of halogens is 2. The summed E-state index contributed by atoms with van der Waals surface area (Å²) in [5, 5.41) is 13.8. The average molecular weight is 428 g/mol. The van der Waals surface area contributed by atoms with E-state index in [2.05, 4.69) is 5.10 Å². The van der Waals surface area contributed by atoms with Crippen LogP contribution in [0.2, 0.25) is 0 Å². The van der Waals surface area contributed by atoms with Gasteiger partial charge in [0, 0.05) is 29.8 Å². The predicted molar refractivity (Wildman–Crippen MR) is 99.3 cm³/mol. The van der Waals surface area contributed by atoms with E-state index in [9.17, 15) is 22.3 Å². The van der Waals surface area contributed by atoms with Gasteiger partial charge in [0.15, 0.2) is 0 Å². The van der Waals surface area contributed by atoms with Crippen LogP contribution in [0.15, 0.2) is 24.4 Å². The van der Waals surface area contributed by atoms with E-state index in [1.165, 1.54) is 6.20 Å². The molecule has 1 unspecified atom stereocenters. The van der Waals surface area contributed by atoms with Crippen LogP contribution in [0, 0.1) is 11.6 Å². The van der Waals surface area contributed by atoms with Crippen molar-refractivity contribution in [2.75, 3.05) is 19.5 Å². The van der Waals surface area contributed by atoms with Crippen molar-refractivity contribution in [3.8, 4) is 0 Å². The topological polar surface area (TPSA) is 111 Å². The van der Waals surface area contributed by atoms with Gasteiger partial charge in [-0.25, -0.2) is 17.2 Å². The Bertz CT molecular complexity index is 1030. The molecule has 2 aromatic rings. The lowest BCUT2D eigenvalue weighted by Crippen LogP contribution is -2.49. The van der Waals surface area contributed by atoms with Crippen LogP contribution >= 0.6 is 0 Å². The summed E-state index contributed by atoms with van der Waals surface area (Å²) in [4.78, 5) is 1.92. The van der Waals surface area contributed by atoms with E-state index in [1.807, 2.05) is 4.90 Å². The summed E-state index contributed by atoms with van der Waals surface area (Å²) in [6.45, 7) is 0.213. The normalized spacial score (nSPS) is 27.9. The molecule has 11 heteroatoms. The Morgan fingerprint density at radius 3 is 2.76 bits per heavy atom. The van der Waals surface area contributed by atoms with E-state index < -0.39 is 39.8 Å². The Kier molecular flexibility index (Phi) is 5.20. The van der Waals surface area contributed by atoms with Gasteiger partial charge >= 0.3 is 0 Å². The summed E-state index contributed by atoms with van der Waals surface area (Å²) < 4.78 is 58.3. The van der Waals surface area contributed by atoms with Gasteiger partial charge < -0.3 is 15.6 Å². The van der Waals surface area contributed by atoms with Crippen molar-refractivity contribution in [2.45, 2.75) is 37.2 Å². The number of aliphatic hydroxyl groups excluding tert-OH is 1. The van der Waals surface area contributed by atoms with E-state index in [0.717, 1.165) is 28.5 Å². The number of aromatic nitrogens is 2. The highest BCUT2D eigenvalue weighted by Crippen LogP contribution is 2.39. The molecule has 0 bridgehead atoms. The van der Waals surface area contributed by atoms with E-state index in [4.69, 9.17) is 10.5 Å². The first kappa shape index (κ1) is 20.4. The standard InChI is InChI=1S/C18H22F2N4O4S/c1-29(26,27)24-16-7-23(17(8-25)13(16)6-22-24)11-5-15(21)18(28-9-11)12-4-10(19)2-3-14(12)20/h2-4,6,11,15,17-18,25H,5,7-9,21H2,1H3/t11-,15+,17?,18-/m1/s1. The van der Waals surface area contributed by atoms with E-state index in [0.29, 0.717) is 17.7 Å². The quantitative estimate of drug-likeness (QED) is 0.737. The SMILES string of the molecule is CS(=O)(=O)n1ncc2c1CN([C@H]1CO[C@H](c3cc(F)ccc3F)[C@@H](N)C1)C2CO. The number of ether oxygens (including phenoxy) is 1. The van der Waals surface area contributed by atoms with Gasteiger partial charge in [-0.3, -0.25) is 4.90 Å².